The lowest BCUT2D eigenvalue weighted by molar-refractivity contribution is 0.0293. The van der Waals surface area contributed by atoms with Crippen LogP contribution in [0.2, 0.25) is 0 Å². The van der Waals surface area contributed by atoms with Crippen molar-refractivity contribution in [3.63, 3.8) is 0 Å². The van der Waals surface area contributed by atoms with Gasteiger partial charge in [0.25, 0.3) is 0 Å². The summed E-state index contributed by atoms with van der Waals surface area (Å²) in [5, 5.41) is 5.72. The zero-order valence-electron chi connectivity index (χ0n) is 21.5. The predicted octanol–water partition coefficient (Wildman–Crippen LogP) is 5.92. The highest BCUT2D eigenvalue weighted by atomic mass is 16.6. The average Bonchev–Trinajstić information content (AvgIpc) is 3.34. The van der Waals surface area contributed by atoms with Gasteiger partial charge < -0.3 is 19.9 Å². The number of nitrogens with zero attached hydrogens (tertiary/aromatic N) is 5. The van der Waals surface area contributed by atoms with E-state index in [4.69, 9.17) is 9.72 Å². The molecule has 5 rings (SSSR count). The van der Waals surface area contributed by atoms with Gasteiger partial charge in [0.2, 0.25) is 0 Å². The summed E-state index contributed by atoms with van der Waals surface area (Å²) in [6.45, 7) is 6.90. The summed E-state index contributed by atoms with van der Waals surface area (Å²) < 4.78 is 5.66. The number of amides is 1. The molecule has 8 nitrogen and oxygen atoms in total. The molecule has 1 N–H and O–H groups in total. The highest BCUT2D eigenvalue weighted by molar-refractivity contribution is 5.93. The molecular formula is C28H36N6O2. The maximum atomic E-state index is 12.8. The Kier molecular flexibility index (Phi) is 6.94. The molecule has 0 aromatic carbocycles. The Hall–Kier alpha value is -3.42. The molecule has 0 spiro atoms. The zero-order valence-corrected chi connectivity index (χ0v) is 21.5. The lowest BCUT2D eigenvalue weighted by Crippen LogP contribution is -2.39. The van der Waals surface area contributed by atoms with Gasteiger partial charge in [-0.15, -0.1) is 0 Å². The fourth-order valence-electron chi connectivity index (χ4n) is 5.25. The molecular weight excluding hydrogens is 452 g/mol. The number of hydrogen-bond acceptors (Lipinski definition) is 7. The van der Waals surface area contributed by atoms with Crippen molar-refractivity contribution in [2.75, 3.05) is 23.3 Å². The van der Waals surface area contributed by atoms with Crippen molar-refractivity contribution >= 4 is 34.2 Å². The van der Waals surface area contributed by atoms with Crippen LogP contribution in [0.15, 0.2) is 49.1 Å². The first-order chi connectivity index (χ1) is 17.4. The fourth-order valence-corrected chi connectivity index (χ4v) is 5.25. The van der Waals surface area contributed by atoms with Gasteiger partial charge >= 0.3 is 6.09 Å². The molecule has 1 aliphatic heterocycles. The van der Waals surface area contributed by atoms with E-state index in [2.05, 4.69) is 26.3 Å². The Morgan fingerprint density at radius 2 is 1.86 bits per heavy atom. The van der Waals surface area contributed by atoms with Crippen molar-refractivity contribution in [2.45, 2.75) is 77.0 Å². The van der Waals surface area contributed by atoms with Gasteiger partial charge in [-0.2, -0.15) is 0 Å². The molecule has 190 valence electrons. The van der Waals surface area contributed by atoms with Crippen molar-refractivity contribution in [1.82, 2.24) is 19.9 Å². The first kappa shape index (κ1) is 24.3. The highest BCUT2D eigenvalue weighted by Gasteiger charge is 2.35. The molecule has 0 bridgehead atoms. The lowest BCUT2D eigenvalue weighted by atomic mass is 9.95. The van der Waals surface area contributed by atoms with Gasteiger partial charge in [-0.25, -0.2) is 14.8 Å². The summed E-state index contributed by atoms with van der Waals surface area (Å²) in [4.78, 5) is 30.7. The number of anilines is 3. The summed E-state index contributed by atoms with van der Waals surface area (Å²) in [7, 11) is 0. The lowest BCUT2D eigenvalue weighted by Gasteiger charge is -2.32. The maximum absolute atomic E-state index is 12.8. The first-order valence-corrected chi connectivity index (χ1v) is 13.1. The third-order valence-corrected chi connectivity index (χ3v) is 6.93. The minimum atomic E-state index is -0.524. The van der Waals surface area contributed by atoms with Gasteiger partial charge in [0.1, 0.15) is 17.2 Å². The average molecular weight is 489 g/mol. The molecule has 2 fully saturated rings. The molecule has 1 aliphatic carbocycles. The first-order valence-electron chi connectivity index (χ1n) is 13.1. The molecule has 8 heteroatoms. The number of likely N-dealkylation sites (tertiary alicyclic amines) is 1. The van der Waals surface area contributed by atoms with Crippen LogP contribution in [0.5, 0.6) is 0 Å². The van der Waals surface area contributed by atoms with E-state index in [0.29, 0.717) is 19.1 Å². The van der Waals surface area contributed by atoms with Crippen LogP contribution < -0.4 is 10.2 Å². The van der Waals surface area contributed by atoms with Crippen LogP contribution in [-0.2, 0) is 4.74 Å². The van der Waals surface area contributed by atoms with E-state index in [1.807, 2.05) is 57.6 Å². The molecule has 4 heterocycles. The maximum Gasteiger partial charge on any atom is 0.410 e. The van der Waals surface area contributed by atoms with E-state index < -0.39 is 5.60 Å². The Labute approximate surface area is 213 Å². The van der Waals surface area contributed by atoms with Gasteiger partial charge in [-0.05, 0) is 58.2 Å². The molecule has 36 heavy (non-hydrogen) atoms. The topological polar surface area (TPSA) is 83.5 Å². The van der Waals surface area contributed by atoms with Crippen molar-refractivity contribution in [1.29, 1.82) is 0 Å². The fraction of sp³-hybridized carbons (Fsp3) is 0.500. The van der Waals surface area contributed by atoms with E-state index in [1.165, 1.54) is 32.1 Å². The second-order valence-corrected chi connectivity index (χ2v) is 10.8. The van der Waals surface area contributed by atoms with E-state index in [-0.39, 0.29) is 12.1 Å². The van der Waals surface area contributed by atoms with Crippen LogP contribution in [0.3, 0.4) is 0 Å². The summed E-state index contributed by atoms with van der Waals surface area (Å²) in [5.41, 5.74) is 0.486. The van der Waals surface area contributed by atoms with Crippen molar-refractivity contribution in [2.24, 2.45) is 0 Å². The van der Waals surface area contributed by atoms with Gasteiger partial charge in [-0.1, -0.05) is 19.3 Å². The zero-order chi connectivity index (χ0) is 25.1. The molecule has 1 amide bonds. The Bertz CT molecular complexity index is 1200. The molecule has 3 aromatic rings. The largest absolute Gasteiger partial charge is 0.444 e. The SMILES string of the molecule is CC(C)(C)OC(=O)N1CC[C@H](N(c2ccnc(NC3CCCCC3)c2)c2nccc3cnccc23)C1. The third-order valence-electron chi connectivity index (χ3n) is 6.93. The van der Waals surface area contributed by atoms with E-state index in [1.54, 1.807) is 11.1 Å². The van der Waals surface area contributed by atoms with Crippen LogP contribution in [0.1, 0.15) is 59.3 Å². The summed E-state index contributed by atoms with van der Waals surface area (Å²) in [6.07, 6.45) is 14.1. The van der Waals surface area contributed by atoms with Crippen LogP contribution in [0, 0.1) is 0 Å². The molecule has 2 aliphatic rings. The number of pyridine rings is 3. The van der Waals surface area contributed by atoms with E-state index in [9.17, 15) is 4.79 Å². The standard InChI is InChI=1S/C28H36N6O2/c1-28(2,3)36-27(35)33-16-12-23(19-33)34(26-24-11-13-29-18-20(24)9-14-31-26)22-10-15-30-25(17-22)32-21-7-5-4-6-8-21/h9-11,13-15,17-18,21,23H,4-8,12,16,19H2,1-3H3,(H,30,32)/t23-/m0/s1. The van der Waals surface area contributed by atoms with Crippen molar-refractivity contribution in [3.05, 3.63) is 49.1 Å². The second kappa shape index (κ2) is 10.3. The van der Waals surface area contributed by atoms with Crippen LogP contribution >= 0.6 is 0 Å². The number of nitrogens with one attached hydrogen (secondary N) is 1. The molecule has 0 radical (unpaired) electrons. The molecule has 3 aromatic heterocycles. The molecule has 1 atom stereocenters. The number of ether oxygens (including phenoxy) is 1. The quantitative estimate of drug-likeness (QED) is 0.477. The molecule has 0 unspecified atom stereocenters. The number of aromatic nitrogens is 3. The van der Waals surface area contributed by atoms with Gasteiger partial charge in [-0.3, -0.25) is 4.98 Å². The minimum Gasteiger partial charge on any atom is -0.444 e. The van der Waals surface area contributed by atoms with Crippen molar-refractivity contribution < 1.29 is 9.53 Å². The number of rotatable bonds is 5. The predicted molar refractivity (Wildman–Crippen MR) is 143 cm³/mol. The van der Waals surface area contributed by atoms with E-state index >= 15 is 0 Å². The Morgan fingerprint density at radius 1 is 1.06 bits per heavy atom. The minimum absolute atomic E-state index is 0.0497. The van der Waals surface area contributed by atoms with Crippen LogP contribution in [0.4, 0.5) is 22.1 Å². The number of carbonyl (C=O) groups excluding carboxylic acids is 1. The summed E-state index contributed by atoms with van der Waals surface area (Å²) in [5.74, 6) is 1.74. The van der Waals surface area contributed by atoms with Gasteiger partial charge in [0.05, 0.1) is 6.04 Å². The van der Waals surface area contributed by atoms with Crippen molar-refractivity contribution in [3.8, 4) is 0 Å². The monoisotopic (exact) mass is 488 g/mol. The highest BCUT2D eigenvalue weighted by Crippen LogP contribution is 2.36. The molecule has 1 saturated carbocycles. The second-order valence-electron chi connectivity index (χ2n) is 10.8. The van der Waals surface area contributed by atoms with Gasteiger partial charge in [0.15, 0.2) is 0 Å². The van der Waals surface area contributed by atoms with Crippen LogP contribution in [-0.4, -0.2) is 56.7 Å². The smallest absolute Gasteiger partial charge is 0.410 e. The molecule has 1 saturated heterocycles. The Balaban J connectivity index is 1.48. The number of hydrogen-bond donors (Lipinski definition) is 1. The van der Waals surface area contributed by atoms with E-state index in [0.717, 1.165) is 34.5 Å². The van der Waals surface area contributed by atoms with Crippen LogP contribution in [0.25, 0.3) is 10.8 Å². The summed E-state index contributed by atoms with van der Waals surface area (Å²) >= 11 is 0. The summed E-state index contributed by atoms with van der Waals surface area (Å²) in [6, 6.07) is 8.65. The number of carbonyl (C=O) groups is 1. The Morgan fingerprint density at radius 3 is 2.67 bits per heavy atom. The van der Waals surface area contributed by atoms with Gasteiger partial charge in [0, 0.05) is 66.4 Å². The number of fused-ring (bicyclic) bond motifs is 1. The normalized spacial score (nSPS) is 18.9. The third kappa shape index (κ3) is 5.53.